The van der Waals surface area contributed by atoms with Gasteiger partial charge in [0.05, 0.1) is 6.54 Å². The Hall–Kier alpha value is -2.24. The van der Waals surface area contributed by atoms with Crippen molar-refractivity contribution in [1.82, 2.24) is 10.4 Å². The van der Waals surface area contributed by atoms with E-state index in [0.29, 0.717) is 6.42 Å². The minimum atomic E-state index is -0.563. The molecule has 16 heavy (non-hydrogen) atoms. The fourth-order valence-corrected chi connectivity index (χ4v) is 1.66. The molecule has 0 unspecified atom stereocenters. The van der Waals surface area contributed by atoms with Crippen molar-refractivity contribution >= 4 is 10.9 Å². The number of hydrazine groups is 1. The lowest BCUT2D eigenvalue weighted by atomic mass is 10.1. The van der Waals surface area contributed by atoms with E-state index >= 15 is 0 Å². The molecule has 0 saturated carbocycles. The van der Waals surface area contributed by atoms with E-state index in [1.165, 1.54) is 0 Å². The molecule has 0 spiro atoms. The number of aromatic amines is 1. The van der Waals surface area contributed by atoms with Gasteiger partial charge in [-0.1, -0.05) is 0 Å². The number of rotatable bonds is 4. The van der Waals surface area contributed by atoms with Gasteiger partial charge in [0.2, 0.25) is 0 Å². The summed E-state index contributed by atoms with van der Waals surface area (Å²) in [5.74, 6) is 0.190. The van der Waals surface area contributed by atoms with Crippen molar-refractivity contribution < 1.29 is 10.1 Å². The first-order valence-electron chi connectivity index (χ1n) is 4.83. The second kappa shape index (κ2) is 4.09. The Morgan fingerprint density at radius 1 is 1.50 bits per heavy atom. The van der Waals surface area contributed by atoms with Crippen LogP contribution in [0.3, 0.4) is 0 Å². The molecule has 2 rings (SSSR count). The smallest absolute Gasteiger partial charge is 0.157 e. The SMILES string of the molecule is O=[N+]([O-])NCCc1c[nH]c2ccc(O)cc12. The zero-order chi connectivity index (χ0) is 11.5. The quantitative estimate of drug-likeness (QED) is 0.534. The standard InChI is InChI=1S/C10H11N3O3/c14-8-1-2-10-9(5-8)7(6-11-10)3-4-12-13(15)16/h1-2,5-6,11-12,14H,3-4H2. The summed E-state index contributed by atoms with van der Waals surface area (Å²) in [7, 11) is 0. The number of aromatic hydroxyl groups is 1. The maximum absolute atomic E-state index is 10.1. The van der Waals surface area contributed by atoms with E-state index in [-0.39, 0.29) is 12.3 Å². The predicted octanol–water partition coefficient (Wildman–Crippen LogP) is 1.20. The molecule has 0 atom stereocenters. The van der Waals surface area contributed by atoms with E-state index in [9.17, 15) is 15.2 Å². The van der Waals surface area contributed by atoms with E-state index in [1.807, 2.05) is 0 Å². The fraction of sp³-hybridized carbons (Fsp3) is 0.200. The van der Waals surface area contributed by atoms with Crippen molar-refractivity contribution in [3.8, 4) is 5.75 Å². The molecule has 2 aromatic rings. The van der Waals surface area contributed by atoms with Crippen LogP contribution in [0.2, 0.25) is 0 Å². The van der Waals surface area contributed by atoms with E-state index < -0.39 is 5.03 Å². The summed E-state index contributed by atoms with van der Waals surface area (Å²) in [6, 6.07) is 5.01. The molecule has 1 aromatic heterocycles. The zero-order valence-corrected chi connectivity index (χ0v) is 8.43. The summed E-state index contributed by atoms with van der Waals surface area (Å²) in [6.07, 6.45) is 2.33. The maximum atomic E-state index is 10.1. The van der Waals surface area contributed by atoms with Crippen molar-refractivity contribution in [3.05, 3.63) is 40.1 Å². The van der Waals surface area contributed by atoms with Crippen LogP contribution in [-0.2, 0) is 6.42 Å². The normalized spacial score (nSPS) is 10.5. The van der Waals surface area contributed by atoms with Gasteiger partial charge in [-0.3, -0.25) is 0 Å². The van der Waals surface area contributed by atoms with Crippen LogP contribution < -0.4 is 5.43 Å². The van der Waals surface area contributed by atoms with Gasteiger partial charge in [-0.25, -0.2) is 10.1 Å². The molecule has 0 aliphatic heterocycles. The highest BCUT2D eigenvalue weighted by atomic mass is 16.7. The third kappa shape index (κ3) is 2.05. The van der Waals surface area contributed by atoms with Crippen LogP contribution in [0, 0.1) is 10.1 Å². The number of phenols is 1. The molecule has 0 fully saturated rings. The fourth-order valence-electron chi connectivity index (χ4n) is 1.66. The summed E-state index contributed by atoms with van der Waals surface area (Å²) in [5.41, 5.74) is 3.96. The minimum Gasteiger partial charge on any atom is -0.508 e. The van der Waals surface area contributed by atoms with Gasteiger partial charge in [-0.15, -0.1) is 5.43 Å². The number of benzene rings is 1. The van der Waals surface area contributed by atoms with Gasteiger partial charge >= 0.3 is 0 Å². The summed E-state index contributed by atoms with van der Waals surface area (Å²) >= 11 is 0. The Labute approximate surface area is 91.0 Å². The molecule has 6 heteroatoms. The lowest BCUT2D eigenvalue weighted by Crippen LogP contribution is -2.23. The summed E-state index contributed by atoms with van der Waals surface area (Å²) in [4.78, 5) is 13.1. The van der Waals surface area contributed by atoms with Crippen LogP contribution in [0.25, 0.3) is 10.9 Å². The maximum Gasteiger partial charge on any atom is 0.157 e. The number of aromatic nitrogens is 1. The average Bonchev–Trinajstić information content (AvgIpc) is 2.60. The Bertz CT molecular complexity index is 521. The van der Waals surface area contributed by atoms with E-state index in [4.69, 9.17) is 0 Å². The van der Waals surface area contributed by atoms with Crippen molar-refractivity contribution in [2.75, 3.05) is 6.54 Å². The molecular weight excluding hydrogens is 210 g/mol. The Morgan fingerprint density at radius 3 is 3.06 bits per heavy atom. The highest BCUT2D eigenvalue weighted by molar-refractivity contribution is 5.84. The van der Waals surface area contributed by atoms with Crippen LogP contribution >= 0.6 is 0 Å². The van der Waals surface area contributed by atoms with Crippen molar-refractivity contribution in [2.24, 2.45) is 0 Å². The van der Waals surface area contributed by atoms with Gasteiger partial charge in [-0.2, -0.15) is 0 Å². The van der Waals surface area contributed by atoms with E-state index in [2.05, 4.69) is 10.4 Å². The van der Waals surface area contributed by atoms with Gasteiger partial charge in [0, 0.05) is 17.1 Å². The Morgan fingerprint density at radius 2 is 2.31 bits per heavy atom. The van der Waals surface area contributed by atoms with Crippen LogP contribution in [0.15, 0.2) is 24.4 Å². The third-order valence-corrected chi connectivity index (χ3v) is 2.39. The predicted molar refractivity (Wildman–Crippen MR) is 58.7 cm³/mol. The number of hydrogen-bond donors (Lipinski definition) is 3. The molecule has 84 valence electrons. The molecule has 1 heterocycles. The number of nitrogens with one attached hydrogen (secondary N) is 2. The van der Waals surface area contributed by atoms with Crippen LogP contribution in [0.1, 0.15) is 5.56 Å². The van der Waals surface area contributed by atoms with Gasteiger partial charge < -0.3 is 10.1 Å². The average molecular weight is 221 g/mol. The third-order valence-electron chi connectivity index (χ3n) is 2.39. The first-order chi connectivity index (χ1) is 7.66. The van der Waals surface area contributed by atoms with Crippen molar-refractivity contribution in [1.29, 1.82) is 0 Å². The number of H-pyrrole nitrogens is 1. The van der Waals surface area contributed by atoms with Gasteiger partial charge in [-0.05, 0) is 30.2 Å². The van der Waals surface area contributed by atoms with E-state index in [1.54, 1.807) is 24.4 Å². The first-order valence-corrected chi connectivity index (χ1v) is 4.83. The monoisotopic (exact) mass is 221 g/mol. The molecule has 0 radical (unpaired) electrons. The number of phenolic OH excluding ortho intramolecular Hbond substituents is 1. The molecule has 3 N–H and O–H groups in total. The lowest BCUT2D eigenvalue weighted by Gasteiger charge is -1.98. The van der Waals surface area contributed by atoms with E-state index in [0.717, 1.165) is 16.5 Å². The highest BCUT2D eigenvalue weighted by Crippen LogP contribution is 2.22. The van der Waals surface area contributed by atoms with Gasteiger partial charge in [0.25, 0.3) is 0 Å². The molecule has 6 nitrogen and oxygen atoms in total. The lowest BCUT2D eigenvalue weighted by molar-refractivity contribution is -0.543. The number of nitro groups is 1. The largest absolute Gasteiger partial charge is 0.508 e. The second-order valence-corrected chi connectivity index (χ2v) is 3.46. The van der Waals surface area contributed by atoms with Crippen molar-refractivity contribution in [3.63, 3.8) is 0 Å². The molecular formula is C10H11N3O3. The zero-order valence-electron chi connectivity index (χ0n) is 8.43. The van der Waals surface area contributed by atoms with Crippen LogP contribution in [-0.4, -0.2) is 21.7 Å². The molecule has 0 saturated heterocycles. The summed E-state index contributed by atoms with van der Waals surface area (Å²) < 4.78 is 0. The number of nitrogens with zero attached hydrogens (tertiary/aromatic N) is 1. The number of hydrogen-bond acceptors (Lipinski definition) is 3. The molecule has 1 aromatic carbocycles. The van der Waals surface area contributed by atoms with Crippen molar-refractivity contribution in [2.45, 2.75) is 6.42 Å². The topological polar surface area (TPSA) is 91.2 Å². The highest BCUT2D eigenvalue weighted by Gasteiger charge is 2.05. The second-order valence-electron chi connectivity index (χ2n) is 3.46. The number of fused-ring (bicyclic) bond motifs is 1. The molecule has 0 amide bonds. The minimum absolute atomic E-state index is 0.190. The van der Waals surface area contributed by atoms with Crippen LogP contribution in [0.5, 0.6) is 5.75 Å². The summed E-state index contributed by atoms with van der Waals surface area (Å²) in [6.45, 7) is 0.260. The molecule has 0 aliphatic rings. The Balaban J connectivity index is 2.17. The summed E-state index contributed by atoms with van der Waals surface area (Å²) in [5, 5.41) is 19.8. The van der Waals surface area contributed by atoms with Crippen LogP contribution in [0.4, 0.5) is 0 Å². The van der Waals surface area contributed by atoms with Gasteiger partial charge in [0.15, 0.2) is 5.03 Å². The van der Waals surface area contributed by atoms with Gasteiger partial charge in [0.1, 0.15) is 5.75 Å². The molecule has 0 bridgehead atoms. The molecule has 0 aliphatic carbocycles. The first kappa shape index (κ1) is 10.3. The Kier molecular flexibility index (Phi) is 2.63.